The fraction of sp³-hybridized carbons (Fsp3) is 0.571. The molecule has 1 N–H and O–H groups in total. The van der Waals surface area contributed by atoms with E-state index < -0.39 is 5.97 Å². The number of halogens is 1. The first kappa shape index (κ1) is 8.99. The van der Waals surface area contributed by atoms with Crippen molar-refractivity contribution in [2.45, 2.75) is 12.8 Å². The fourth-order valence-corrected chi connectivity index (χ4v) is 1.81. The summed E-state index contributed by atoms with van der Waals surface area (Å²) in [6, 6.07) is 0. The highest BCUT2D eigenvalue weighted by Crippen LogP contribution is 2.15. The second-order valence-electron chi connectivity index (χ2n) is 2.57. The van der Waals surface area contributed by atoms with Crippen LogP contribution in [0.3, 0.4) is 0 Å². The lowest BCUT2D eigenvalue weighted by Gasteiger charge is -2.19. The quantitative estimate of drug-likeness (QED) is 0.467. The average Bonchev–Trinajstić information content (AvgIpc) is 1.85. The lowest BCUT2D eigenvalue weighted by molar-refractivity contribution is -0.136. The minimum atomic E-state index is -0.733. The molecule has 0 spiro atoms. The highest BCUT2D eigenvalue weighted by atomic mass is 127. The molecule has 0 aromatic rings. The van der Waals surface area contributed by atoms with Gasteiger partial charge < -0.3 is 5.11 Å². The predicted molar refractivity (Wildman–Crippen MR) is 50.5 cm³/mol. The van der Waals surface area contributed by atoms with Crippen molar-refractivity contribution in [3.05, 3.63) is 11.6 Å². The minimum Gasteiger partial charge on any atom is -0.481 e. The van der Waals surface area contributed by atoms with Crippen LogP contribution in [0, 0.1) is 0 Å². The first-order valence-corrected chi connectivity index (χ1v) is 4.45. The van der Waals surface area contributed by atoms with Crippen molar-refractivity contribution >= 4 is 28.8 Å². The number of rotatable bonds is 2. The van der Waals surface area contributed by atoms with E-state index in [1.54, 1.807) is 0 Å². The van der Waals surface area contributed by atoms with Crippen LogP contribution in [0.1, 0.15) is 12.8 Å². The Kier molecular flexibility index (Phi) is 3.32. The standard InChI is InChI=1S/C7H10INO2/c8-9-3-1-2-6(5-9)4-7(10)11/h2H,1,3-5H2,(H,10,11). The lowest BCUT2D eigenvalue weighted by Crippen LogP contribution is -2.21. The molecule has 1 aliphatic heterocycles. The van der Waals surface area contributed by atoms with Crippen molar-refractivity contribution in [3.8, 4) is 0 Å². The van der Waals surface area contributed by atoms with Gasteiger partial charge in [0.25, 0.3) is 0 Å². The summed E-state index contributed by atoms with van der Waals surface area (Å²) in [7, 11) is 0. The summed E-state index contributed by atoms with van der Waals surface area (Å²) >= 11 is 2.22. The van der Waals surface area contributed by atoms with Crippen molar-refractivity contribution < 1.29 is 9.90 Å². The molecule has 0 aromatic heterocycles. The van der Waals surface area contributed by atoms with Crippen LogP contribution in [0.2, 0.25) is 0 Å². The molecule has 1 rings (SSSR count). The van der Waals surface area contributed by atoms with Crippen molar-refractivity contribution in [2.24, 2.45) is 0 Å². The van der Waals surface area contributed by atoms with Gasteiger partial charge in [-0.15, -0.1) is 0 Å². The summed E-state index contributed by atoms with van der Waals surface area (Å²) < 4.78 is 2.11. The van der Waals surface area contributed by atoms with E-state index in [9.17, 15) is 4.79 Å². The van der Waals surface area contributed by atoms with Crippen LogP contribution in [0.15, 0.2) is 11.6 Å². The zero-order chi connectivity index (χ0) is 8.27. The number of hydrogen-bond donors (Lipinski definition) is 1. The molecular weight excluding hydrogens is 257 g/mol. The summed E-state index contributed by atoms with van der Waals surface area (Å²) in [5, 5.41) is 8.49. The van der Waals surface area contributed by atoms with Crippen LogP contribution in [-0.4, -0.2) is 27.3 Å². The third-order valence-corrected chi connectivity index (χ3v) is 2.38. The van der Waals surface area contributed by atoms with E-state index in [1.165, 1.54) is 0 Å². The highest BCUT2D eigenvalue weighted by molar-refractivity contribution is 14.1. The van der Waals surface area contributed by atoms with Crippen molar-refractivity contribution in [1.82, 2.24) is 3.11 Å². The predicted octanol–water partition coefficient (Wildman–Crippen LogP) is 1.44. The fourth-order valence-electron chi connectivity index (χ4n) is 1.10. The monoisotopic (exact) mass is 267 g/mol. The summed E-state index contributed by atoms with van der Waals surface area (Å²) in [6.07, 6.45) is 3.20. The summed E-state index contributed by atoms with van der Waals surface area (Å²) in [5.41, 5.74) is 1.03. The maximum absolute atomic E-state index is 10.3. The molecule has 0 fully saturated rings. The van der Waals surface area contributed by atoms with Crippen LogP contribution in [0.25, 0.3) is 0 Å². The number of carboxylic acid groups (broad SMARTS) is 1. The molecule has 0 saturated heterocycles. The van der Waals surface area contributed by atoms with Gasteiger partial charge in [-0.05, 0) is 12.0 Å². The zero-order valence-corrected chi connectivity index (χ0v) is 8.24. The Hall–Kier alpha value is -0.100. The van der Waals surface area contributed by atoms with E-state index in [2.05, 4.69) is 26.0 Å². The molecule has 0 aliphatic carbocycles. The Morgan fingerprint density at radius 1 is 1.82 bits per heavy atom. The molecule has 62 valence electrons. The summed E-state index contributed by atoms with van der Waals surface area (Å²) in [6.45, 7) is 1.83. The first-order chi connectivity index (χ1) is 5.18. The van der Waals surface area contributed by atoms with E-state index in [-0.39, 0.29) is 6.42 Å². The Balaban J connectivity index is 2.44. The molecule has 11 heavy (non-hydrogen) atoms. The number of aliphatic carboxylic acids is 1. The van der Waals surface area contributed by atoms with E-state index in [4.69, 9.17) is 5.11 Å². The third kappa shape index (κ3) is 3.20. The van der Waals surface area contributed by atoms with Gasteiger partial charge in [0, 0.05) is 36.0 Å². The van der Waals surface area contributed by atoms with Crippen LogP contribution in [-0.2, 0) is 4.79 Å². The largest absolute Gasteiger partial charge is 0.481 e. The van der Waals surface area contributed by atoms with Gasteiger partial charge in [0.1, 0.15) is 0 Å². The number of hydrogen-bond acceptors (Lipinski definition) is 2. The molecular formula is C7H10INO2. The molecule has 0 unspecified atom stereocenters. The van der Waals surface area contributed by atoms with Crippen molar-refractivity contribution in [3.63, 3.8) is 0 Å². The Bertz CT molecular complexity index is 191. The van der Waals surface area contributed by atoms with Gasteiger partial charge in [0.2, 0.25) is 0 Å². The van der Waals surface area contributed by atoms with E-state index in [1.807, 2.05) is 6.08 Å². The van der Waals surface area contributed by atoms with Gasteiger partial charge in [-0.3, -0.25) is 4.79 Å². The van der Waals surface area contributed by atoms with E-state index in [0.29, 0.717) is 0 Å². The van der Waals surface area contributed by atoms with Crippen LogP contribution < -0.4 is 0 Å². The zero-order valence-electron chi connectivity index (χ0n) is 6.09. The van der Waals surface area contributed by atoms with Gasteiger partial charge in [-0.25, -0.2) is 3.11 Å². The maximum atomic E-state index is 10.3. The van der Waals surface area contributed by atoms with Gasteiger partial charge in [-0.2, -0.15) is 0 Å². The molecule has 4 heteroatoms. The topological polar surface area (TPSA) is 40.5 Å². The second kappa shape index (κ2) is 4.06. The molecule has 0 radical (unpaired) electrons. The maximum Gasteiger partial charge on any atom is 0.307 e. The van der Waals surface area contributed by atoms with Crippen molar-refractivity contribution in [2.75, 3.05) is 13.1 Å². The normalized spacial score (nSPS) is 19.5. The molecule has 3 nitrogen and oxygen atoms in total. The summed E-state index contributed by atoms with van der Waals surface area (Å²) in [4.78, 5) is 10.3. The van der Waals surface area contributed by atoms with E-state index in [0.717, 1.165) is 25.1 Å². The molecule has 1 aliphatic rings. The number of carbonyl (C=O) groups is 1. The number of nitrogens with zero attached hydrogens (tertiary/aromatic N) is 1. The van der Waals surface area contributed by atoms with Crippen LogP contribution >= 0.6 is 22.9 Å². The molecule has 0 bridgehead atoms. The van der Waals surface area contributed by atoms with E-state index >= 15 is 0 Å². The lowest BCUT2D eigenvalue weighted by atomic mass is 10.1. The van der Waals surface area contributed by atoms with Gasteiger partial charge in [0.15, 0.2) is 0 Å². The number of carboxylic acids is 1. The van der Waals surface area contributed by atoms with Gasteiger partial charge in [-0.1, -0.05) is 6.08 Å². The molecule has 0 atom stereocenters. The Labute approximate surface area is 79.6 Å². The van der Waals surface area contributed by atoms with Gasteiger partial charge >= 0.3 is 5.97 Å². The Morgan fingerprint density at radius 2 is 2.55 bits per heavy atom. The van der Waals surface area contributed by atoms with Crippen LogP contribution in [0.5, 0.6) is 0 Å². The smallest absolute Gasteiger partial charge is 0.307 e. The molecule has 0 saturated carbocycles. The second-order valence-corrected chi connectivity index (χ2v) is 3.93. The van der Waals surface area contributed by atoms with Gasteiger partial charge in [0.05, 0.1) is 6.42 Å². The van der Waals surface area contributed by atoms with Crippen molar-refractivity contribution in [1.29, 1.82) is 0 Å². The average molecular weight is 267 g/mol. The highest BCUT2D eigenvalue weighted by Gasteiger charge is 2.11. The summed E-state index contributed by atoms with van der Waals surface area (Å²) in [5.74, 6) is -0.733. The molecule has 0 amide bonds. The Morgan fingerprint density at radius 3 is 3.09 bits per heavy atom. The molecule has 0 aromatic carbocycles. The minimum absolute atomic E-state index is 0.194. The molecule has 1 heterocycles. The third-order valence-electron chi connectivity index (χ3n) is 1.56. The SMILES string of the molecule is O=C(O)CC1=CCCN(I)C1. The first-order valence-electron chi connectivity index (χ1n) is 3.49. The van der Waals surface area contributed by atoms with Crippen LogP contribution in [0.4, 0.5) is 0 Å².